The van der Waals surface area contributed by atoms with E-state index in [1.807, 2.05) is 12.1 Å². The molecule has 0 bridgehead atoms. The first-order valence-electron chi connectivity index (χ1n) is 7.03. The Kier molecular flexibility index (Phi) is 2.33. The predicted molar refractivity (Wildman–Crippen MR) is 69.6 cm³/mol. The summed E-state index contributed by atoms with van der Waals surface area (Å²) < 4.78 is 5.90. The number of rotatable bonds is 3. The lowest BCUT2D eigenvalue weighted by Gasteiger charge is -2.59. The predicted octanol–water partition coefficient (Wildman–Crippen LogP) is 1.96. The molecule has 4 rings (SSSR count). The SMILES string of the molecule is N#Cc1ccc(OC2CC3(C2)CN(C2CC2)C3)cn1. The molecule has 1 aromatic heterocycles. The summed E-state index contributed by atoms with van der Waals surface area (Å²) >= 11 is 0. The molecule has 1 spiro atoms. The van der Waals surface area contributed by atoms with Crippen molar-refractivity contribution in [2.24, 2.45) is 5.41 Å². The first-order valence-corrected chi connectivity index (χ1v) is 7.03. The summed E-state index contributed by atoms with van der Waals surface area (Å²) in [7, 11) is 0. The monoisotopic (exact) mass is 255 g/mol. The van der Waals surface area contributed by atoms with Crippen LogP contribution in [-0.2, 0) is 0 Å². The number of nitrogens with zero attached hydrogens (tertiary/aromatic N) is 3. The van der Waals surface area contributed by atoms with Gasteiger partial charge in [0.05, 0.1) is 6.20 Å². The Morgan fingerprint density at radius 2 is 2.11 bits per heavy atom. The average molecular weight is 255 g/mol. The van der Waals surface area contributed by atoms with E-state index in [-0.39, 0.29) is 0 Å². The van der Waals surface area contributed by atoms with E-state index < -0.39 is 0 Å². The molecule has 0 amide bonds. The lowest BCUT2D eigenvalue weighted by molar-refractivity contribution is -0.122. The third-order valence-corrected chi connectivity index (χ3v) is 4.62. The summed E-state index contributed by atoms with van der Waals surface area (Å²) in [5.41, 5.74) is 1.00. The quantitative estimate of drug-likeness (QED) is 0.828. The van der Waals surface area contributed by atoms with Crippen LogP contribution in [0.5, 0.6) is 5.75 Å². The van der Waals surface area contributed by atoms with Gasteiger partial charge in [-0.2, -0.15) is 5.26 Å². The Balaban J connectivity index is 1.28. The normalized spacial score (nSPS) is 25.4. The number of likely N-dealkylation sites (tertiary alicyclic amines) is 1. The van der Waals surface area contributed by atoms with Crippen molar-refractivity contribution in [2.45, 2.75) is 37.8 Å². The van der Waals surface area contributed by atoms with Gasteiger partial charge in [-0.25, -0.2) is 4.98 Å². The van der Waals surface area contributed by atoms with Crippen molar-refractivity contribution in [1.29, 1.82) is 5.26 Å². The van der Waals surface area contributed by atoms with Gasteiger partial charge in [-0.3, -0.25) is 4.90 Å². The van der Waals surface area contributed by atoms with Crippen LogP contribution in [-0.4, -0.2) is 35.1 Å². The molecule has 4 nitrogen and oxygen atoms in total. The lowest BCUT2D eigenvalue weighted by Crippen LogP contribution is -2.65. The zero-order chi connectivity index (χ0) is 12.9. The molecule has 0 aromatic carbocycles. The van der Waals surface area contributed by atoms with Crippen LogP contribution in [0.1, 0.15) is 31.4 Å². The number of ether oxygens (including phenoxy) is 1. The Bertz CT molecular complexity index is 515. The van der Waals surface area contributed by atoms with E-state index >= 15 is 0 Å². The van der Waals surface area contributed by atoms with E-state index in [0.29, 0.717) is 17.2 Å². The number of hydrogen-bond donors (Lipinski definition) is 0. The molecular formula is C15H17N3O. The minimum atomic E-state index is 0.344. The maximum atomic E-state index is 8.69. The standard InChI is InChI=1S/C15H17N3O/c16-7-11-1-4-13(8-17-11)19-14-5-15(6-14)9-18(10-15)12-2-3-12/h1,4,8,12,14H,2-3,5-6,9-10H2. The first-order chi connectivity index (χ1) is 9.26. The fourth-order valence-corrected chi connectivity index (χ4v) is 3.47. The third kappa shape index (κ3) is 1.98. The maximum absolute atomic E-state index is 8.69. The van der Waals surface area contributed by atoms with E-state index in [1.165, 1.54) is 38.8 Å². The van der Waals surface area contributed by atoms with Crippen molar-refractivity contribution in [1.82, 2.24) is 9.88 Å². The van der Waals surface area contributed by atoms with Crippen molar-refractivity contribution >= 4 is 0 Å². The van der Waals surface area contributed by atoms with Crippen LogP contribution >= 0.6 is 0 Å². The van der Waals surface area contributed by atoms with Crippen LogP contribution in [0.4, 0.5) is 0 Å². The van der Waals surface area contributed by atoms with Gasteiger partial charge in [-0.05, 0) is 37.8 Å². The van der Waals surface area contributed by atoms with Gasteiger partial charge in [0, 0.05) is 24.5 Å². The molecule has 0 N–H and O–H groups in total. The van der Waals surface area contributed by atoms with Crippen molar-refractivity contribution in [3.63, 3.8) is 0 Å². The van der Waals surface area contributed by atoms with E-state index in [1.54, 1.807) is 12.3 Å². The van der Waals surface area contributed by atoms with Gasteiger partial charge in [0.2, 0.25) is 0 Å². The second-order valence-corrected chi connectivity index (χ2v) is 6.28. The highest BCUT2D eigenvalue weighted by Gasteiger charge is 2.55. The minimum absolute atomic E-state index is 0.344. The Morgan fingerprint density at radius 1 is 1.32 bits per heavy atom. The van der Waals surface area contributed by atoms with Gasteiger partial charge in [0.25, 0.3) is 0 Å². The van der Waals surface area contributed by atoms with Gasteiger partial charge in [0.15, 0.2) is 0 Å². The molecule has 3 fully saturated rings. The largest absolute Gasteiger partial charge is 0.489 e. The fraction of sp³-hybridized carbons (Fsp3) is 0.600. The molecule has 1 aromatic rings. The van der Waals surface area contributed by atoms with E-state index in [2.05, 4.69) is 9.88 Å². The molecule has 0 unspecified atom stereocenters. The zero-order valence-corrected chi connectivity index (χ0v) is 10.9. The smallest absolute Gasteiger partial charge is 0.140 e. The van der Waals surface area contributed by atoms with Crippen molar-refractivity contribution in [2.75, 3.05) is 13.1 Å². The number of aromatic nitrogens is 1. The molecule has 1 saturated heterocycles. The summed E-state index contributed by atoms with van der Waals surface area (Å²) in [5.74, 6) is 0.789. The topological polar surface area (TPSA) is 49.1 Å². The molecule has 19 heavy (non-hydrogen) atoms. The van der Waals surface area contributed by atoms with Gasteiger partial charge in [-0.15, -0.1) is 0 Å². The van der Waals surface area contributed by atoms with Crippen LogP contribution in [0, 0.1) is 16.7 Å². The molecule has 1 aliphatic heterocycles. The number of hydrogen-bond acceptors (Lipinski definition) is 4. The summed E-state index contributed by atoms with van der Waals surface area (Å²) in [6.07, 6.45) is 7.17. The van der Waals surface area contributed by atoms with Crippen molar-refractivity contribution in [3.05, 3.63) is 24.0 Å². The van der Waals surface area contributed by atoms with Crippen LogP contribution in [0.15, 0.2) is 18.3 Å². The molecule has 3 aliphatic rings. The second-order valence-electron chi connectivity index (χ2n) is 6.28. The fourth-order valence-electron chi connectivity index (χ4n) is 3.47. The minimum Gasteiger partial charge on any atom is -0.489 e. The van der Waals surface area contributed by atoms with Crippen LogP contribution in [0.3, 0.4) is 0 Å². The number of nitriles is 1. The van der Waals surface area contributed by atoms with Gasteiger partial charge < -0.3 is 4.74 Å². The molecular weight excluding hydrogens is 238 g/mol. The number of pyridine rings is 1. The highest BCUT2D eigenvalue weighted by Crippen LogP contribution is 2.52. The molecule has 0 atom stereocenters. The zero-order valence-electron chi connectivity index (χ0n) is 10.9. The second kappa shape index (κ2) is 3.94. The first kappa shape index (κ1) is 11.2. The summed E-state index contributed by atoms with van der Waals surface area (Å²) in [6.45, 7) is 2.56. The third-order valence-electron chi connectivity index (χ3n) is 4.62. The lowest BCUT2D eigenvalue weighted by atomic mass is 9.61. The average Bonchev–Trinajstić information content (AvgIpc) is 3.15. The van der Waals surface area contributed by atoms with E-state index in [4.69, 9.17) is 10.00 Å². The van der Waals surface area contributed by atoms with Crippen LogP contribution < -0.4 is 4.74 Å². The Labute approximate surface area is 113 Å². The summed E-state index contributed by atoms with van der Waals surface area (Å²) in [4.78, 5) is 6.65. The summed E-state index contributed by atoms with van der Waals surface area (Å²) in [6, 6.07) is 6.48. The Morgan fingerprint density at radius 3 is 2.68 bits per heavy atom. The van der Waals surface area contributed by atoms with E-state index in [0.717, 1.165) is 11.8 Å². The highest BCUT2D eigenvalue weighted by atomic mass is 16.5. The molecule has 4 heteroatoms. The molecule has 0 radical (unpaired) electrons. The molecule has 2 heterocycles. The highest BCUT2D eigenvalue weighted by molar-refractivity contribution is 5.27. The molecule has 2 aliphatic carbocycles. The maximum Gasteiger partial charge on any atom is 0.140 e. The van der Waals surface area contributed by atoms with E-state index in [9.17, 15) is 0 Å². The van der Waals surface area contributed by atoms with Crippen molar-refractivity contribution in [3.8, 4) is 11.8 Å². The van der Waals surface area contributed by atoms with Crippen LogP contribution in [0.25, 0.3) is 0 Å². The molecule has 2 saturated carbocycles. The van der Waals surface area contributed by atoms with Crippen LogP contribution in [0.2, 0.25) is 0 Å². The van der Waals surface area contributed by atoms with Gasteiger partial charge in [-0.1, -0.05) is 0 Å². The van der Waals surface area contributed by atoms with Gasteiger partial charge >= 0.3 is 0 Å². The Hall–Kier alpha value is -1.60. The summed E-state index contributed by atoms with van der Waals surface area (Å²) in [5, 5.41) is 8.69. The van der Waals surface area contributed by atoms with Crippen molar-refractivity contribution < 1.29 is 4.74 Å². The van der Waals surface area contributed by atoms with Gasteiger partial charge in [0.1, 0.15) is 23.6 Å². The molecule has 98 valence electrons.